The standard InChI is InChI=1S/C11H20ClNO/c1-3-4-5-9(2)13-8-10(7-12)6-11(13)14/h9-10H,3-8H2,1-2H3. The molecule has 3 heteroatoms. The predicted octanol–water partition coefficient (Wildman–Crippen LogP) is 2.65. The third-order valence-corrected chi connectivity index (χ3v) is 3.40. The van der Waals surface area contributed by atoms with Crippen molar-refractivity contribution < 1.29 is 4.79 Å². The van der Waals surface area contributed by atoms with E-state index in [1.165, 1.54) is 12.8 Å². The highest BCUT2D eigenvalue weighted by Gasteiger charge is 2.31. The lowest BCUT2D eigenvalue weighted by molar-refractivity contribution is -0.129. The average Bonchev–Trinajstić information content (AvgIpc) is 2.56. The van der Waals surface area contributed by atoms with Crippen molar-refractivity contribution in [2.24, 2.45) is 5.92 Å². The lowest BCUT2D eigenvalue weighted by atomic mass is 10.1. The summed E-state index contributed by atoms with van der Waals surface area (Å²) in [4.78, 5) is 13.6. The smallest absolute Gasteiger partial charge is 0.223 e. The average molecular weight is 218 g/mol. The highest BCUT2D eigenvalue weighted by molar-refractivity contribution is 6.18. The number of carbonyl (C=O) groups is 1. The van der Waals surface area contributed by atoms with Crippen molar-refractivity contribution in [3.63, 3.8) is 0 Å². The minimum absolute atomic E-state index is 0.291. The Bertz CT molecular complexity index is 196. The van der Waals surface area contributed by atoms with Crippen molar-refractivity contribution in [1.29, 1.82) is 0 Å². The van der Waals surface area contributed by atoms with E-state index < -0.39 is 0 Å². The normalized spacial score (nSPS) is 24.4. The molecule has 0 bridgehead atoms. The number of alkyl halides is 1. The molecule has 1 heterocycles. The SMILES string of the molecule is CCCCC(C)N1CC(CCl)CC1=O. The zero-order chi connectivity index (χ0) is 10.6. The Kier molecular flexibility index (Phi) is 4.73. The summed E-state index contributed by atoms with van der Waals surface area (Å²) in [5, 5.41) is 0. The molecule has 14 heavy (non-hydrogen) atoms. The van der Waals surface area contributed by atoms with E-state index in [0.29, 0.717) is 30.2 Å². The molecule has 0 saturated carbocycles. The molecule has 2 unspecified atom stereocenters. The first kappa shape index (κ1) is 11.8. The van der Waals surface area contributed by atoms with Crippen LogP contribution in [0.2, 0.25) is 0 Å². The zero-order valence-electron chi connectivity index (χ0n) is 9.13. The third-order valence-electron chi connectivity index (χ3n) is 2.96. The number of likely N-dealkylation sites (tertiary alicyclic amines) is 1. The predicted molar refractivity (Wildman–Crippen MR) is 59.5 cm³/mol. The maximum atomic E-state index is 11.6. The number of carbonyl (C=O) groups excluding carboxylic acids is 1. The van der Waals surface area contributed by atoms with Crippen LogP contribution in [0, 0.1) is 5.92 Å². The van der Waals surface area contributed by atoms with E-state index in [9.17, 15) is 4.79 Å². The molecule has 1 fully saturated rings. The van der Waals surface area contributed by atoms with Gasteiger partial charge in [-0.15, -0.1) is 11.6 Å². The van der Waals surface area contributed by atoms with Gasteiger partial charge in [0.05, 0.1) is 0 Å². The topological polar surface area (TPSA) is 20.3 Å². The summed E-state index contributed by atoms with van der Waals surface area (Å²) in [5.74, 6) is 1.29. The summed E-state index contributed by atoms with van der Waals surface area (Å²) in [7, 11) is 0. The molecule has 2 atom stereocenters. The first-order valence-corrected chi connectivity index (χ1v) is 6.07. The van der Waals surface area contributed by atoms with Crippen molar-refractivity contribution in [3.05, 3.63) is 0 Å². The Labute approximate surface area is 91.6 Å². The number of rotatable bonds is 5. The molecule has 0 N–H and O–H groups in total. The minimum Gasteiger partial charge on any atom is -0.340 e. The molecular formula is C11H20ClNO. The van der Waals surface area contributed by atoms with Crippen LogP contribution < -0.4 is 0 Å². The van der Waals surface area contributed by atoms with Crippen LogP contribution in [-0.4, -0.2) is 29.3 Å². The fraction of sp³-hybridized carbons (Fsp3) is 0.909. The molecule has 0 aliphatic carbocycles. The second kappa shape index (κ2) is 5.59. The summed E-state index contributed by atoms with van der Waals surface area (Å²) in [6, 6.07) is 0.399. The van der Waals surface area contributed by atoms with Gasteiger partial charge in [0.2, 0.25) is 5.91 Å². The quantitative estimate of drug-likeness (QED) is 0.649. The van der Waals surface area contributed by atoms with Crippen LogP contribution >= 0.6 is 11.6 Å². The van der Waals surface area contributed by atoms with Gasteiger partial charge in [-0.3, -0.25) is 4.79 Å². The van der Waals surface area contributed by atoms with E-state index in [1.807, 2.05) is 4.90 Å². The second-order valence-corrected chi connectivity index (χ2v) is 4.57. The highest BCUT2D eigenvalue weighted by Crippen LogP contribution is 2.22. The van der Waals surface area contributed by atoms with Gasteiger partial charge in [0.25, 0.3) is 0 Å². The van der Waals surface area contributed by atoms with Gasteiger partial charge in [-0.2, -0.15) is 0 Å². The van der Waals surface area contributed by atoms with Crippen LogP contribution in [-0.2, 0) is 4.79 Å². The van der Waals surface area contributed by atoms with Crippen molar-refractivity contribution in [2.45, 2.75) is 45.6 Å². The second-order valence-electron chi connectivity index (χ2n) is 4.26. The van der Waals surface area contributed by atoms with E-state index >= 15 is 0 Å². The Morgan fingerprint density at radius 3 is 2.86 bits per heavy atom. The third kappa shape index (κ3) is 2.88. The fourth-order valence-electron chi connectivity index (χ4n) is 1.99. The molecular weight excluding hydrogens is 198 g/mol. The number of hydrogen-bond donors (Lipinski definition) is 0. The molecule has 0 spiro atoms. The first-order valence-electron chi connectivity index (χ1n) is 5.54. The molecule has 1 aliphatic rings. The van der Waals surface area contributed by atoms with Gasteiger partial charge in [-0.05, 0) is 19.3 Å². The molecule has 1 rings (SSSR count). The zero-order valence-corrected chi connectivity index (χ0v) is 9.89. The number of unbranched alkanes of at least 4 members (excludes halogenated alkanes) is 1. The maximum absolute atomic E-state index is 11.6. The maximum Gasteiger partial charge on any atom is 0.223 e. The Morgan fingerprint density at radius 2 is 2.36 bits per heavy atom. The van der Waals surface area contributed by atoms with Crippen LogP contribution in [0.15, 0.2) is 0 Å². The van der Waals surface area contributed by atoms with Crippen molar-refractivity contribution in [1.82, 2.24) is 4.90 Å². The van der Waals surface area contributed by atoms with Crippen LogP contribution in [0.5, 0.6) is 0 Å². The van der Waals surface area contributed by atoms with Crippen molar-refractivity contribution in [3.8, 4) is 0 Å². The molecule has 1 amide bonds. The molecule has 0 radical (unpaired) electrons. The molecule has 0 aromatic rings. The van der Waals surface area contributed by atoms with Gasteiger partial charge in [-0.1, -0.05) is 19.8 Å². The van der Waals surface area contributed by atoms with Crippen LogP contribution in [0.4, 0.5) is 0 Å². The van der Waals surface area contributed by atoms with E-state index in [2.05, 4.69) is 13.8 Å². The Hall–Kier alpha value is -0.240. The lowest BCUT2D eigenvalue weighted by Gasteiger charge is -2.24. The van der Waals surface area contributed by atoms with E-state index in [1.54, 1.807) is 0 Å². The minimum atomic E-state index is 0.291. The van der Waals surface area contributed by atoms with Gasteiger partial charge < -0.3 is 4.90 Å². The fourth-order valence-corrected chi connectivity index (χ4v) is 2.20. The Balaban J connectivity index is 2.40. The van der Waals surface area contributed by atoms with Gasteiger partial charge in [0.1, 0.15) is 0 Å². The number of halogens is 1. The molecule has 1 aliphatic heterocycles. The van der Waals surface area contributed by atoms with Gasteiger partial charge in [0, 0.05) is 24.9 Å². The highest BCUT2D eigenvalue weighted by atomic mass is 35.5. The van der Waals surface area contributed by atoms with Crippen molar-refractivity contribution >= 4 is 17.5 Å². The molecule has 0 aromatic heterocycles. The summed E-state index contributed by atoms with van der Waals surface area (Å²) in [5.41, 5.74) is 0. The van der Waals surface area contributed by atoms with Crippen molar-refractivity contribution in [2.75, 3.05) is 12.4 Å². The number of hydrogen-bond acceptors (Lipinski definition) is 1. The summed E-state index contributed by atoms with van der Waals surface area (Å²) in [6.07, 6.45) is 4.18. The lowest BCUT2D eigenvalue weighted by Crippen LogP contribution is -2.34. The van der Waals surface area contributed by atoms with Gasteiger partial charge in [-0.25, -0.2) is 0 Å². The van der Waals surface area contributed by atoms with E-state index in [4.69, 9.17) is 11.6 Å². The molecule has 82 valence electrons. The molecule has 2 nitrogen and oxygen atoms in total. The van der Waals surface area contributed by atoms with E-state index in [-0.39, 0.29) is 0 Å². The first-order chi connectivity index (χ1) is 6.69. The van der Waals surface area contributed by atoms with Crippen LogP contribution in [0.25, 0.3) is 0 Å². The summed E-state index contributed by atoms with van der Waals surface area (Å²) in [6.45, 7) is 5.19. The van der Waals surface area contributed by atoms with Crippen LogP contribution in [0.1, 0.15) is 39.5 Å². The summed E-state index contributed by atoms with van der Waals surface area (Å²) >= 11 is 5.77. The van der Waals surface area contributed by atoms with Gasteiger partial charge >= 0.3 is 0 Å². The van der Waals surface area contributed by atoms with E-state index in [0.717, 1.165) is 13.0 Å². The Morgan fingerprint density at radius 1 is 1.64 bits per heavy atom. The molecule has 1 saturated heterocycles. The number of nitrogens with zero attached hydrogens (tertiary/aromatic N) is 1. The monoisotopic (exact) mass is 217 g/mol. The molecule has 0 aromatic carbocycles. The van der Waals surface area contributed by atoms with Gasteiger partial charge in [0.15, 0.2) is 0 Å². The largest absolute Gasteiger partial charge is 0.340 e. The summed E-state index contributed by atoms with van der Waals surface area (Å²) < 4.78 is 0. The van der Waals surface area contributed by atoms with Crippen LogP contribution in [0.3, 0.4) is 0 Å². The number of amides is 1.